The van der Waals surface area contributed by atoms with E-state index in [1.54, 1.807) is 30.3 Å². The zero-order valence-corrected chi connectivity index (χ0v) is 16.2. The molecule has 1 amide bonds. The van der Waals surface area contributed by atoms with Gasteiger partial charge in [0, 0.05) is 10.5 Å². The summed E-state index contributed by atoms with van der Waals surface area (Å²) in [6.45, 7) is 3.76. The summed E-state index contributed by atoms with van der Waals surface area (Å²) in [4.78, 5) is 24.7. The van der Waals surface area contributed by atoms with Crippen molar-refractivity contribution in [2.24, 2.45) is 5.92 Å². The number of hydrogen-bond donors (Lipinski definition) is 1. The minimum absolute atomic E-state index is 0.00174. The molecule has 0 radical (unpaired) electrons. The molecule has 26 heavy (non-hydrogen) atoms. The van der Waals surface area contributed by atoms with E-state index in [4.69, 9.17) is 16.3 Å². The van der Waals surface area contributed by atoms with Gasteiger partial charge in [0.1, 0.15) is 11.1 Å². The Labute approximate surface area is 161 Å². The van der Waals surface area contributed by atoms with Gasteiger partial charge in [-0.1, -0.05) is 43.6 Å². The molecule has 1 atom stereocenters. The average molecular weight is 396 g/mol. The number of benzene rings is 2. The zero-order chi connectivity index (χ0) is 19.3. The van der Waals surface area contributed by atoms with Crippen molar-refractivity contribution in [3.05, 3.63) is 58.9 Å². The van der Waals surface area contributed by atoms with E-state index in [2.05, 4.69) is 5.32 Å². The molecule has 2 aromatic rings. The molecule has 2 rings (SSSR count). The minimum atomic E-state index is -0.650. The second-order valence-electron chi connectivity index (χ2n) is 5.89. The third kappa shape index (κ3) is 4.99. The van der Waals surface area contributed by atoms with E-state index in [9.17, 15) is 14.0 Å². The van der Waals surface area contributed by atoms with Crippen molar-refractivity contribution in [1.82, 2.24) is 0 Å². The minimum Gasteiger partial charge on any atom is -0.468 e. The van der Waals surface area contributed by atoms with Gasteiger partial charge in [0.2, 0.25) is 0 Å². The monoisotopic (exact) mass is 395 g/mol. The lowest BCUT2D eigenvalue weighted by molar-refractivity contribution is -0.140. The molecule has 138 valence electrons. The van der Waals surface area contributed by atoms with Gasteiger partial charge in [-0.3, -0.25) is 9.59 Å². The Balaban J connectivity index is 2.28. The molecule has 1 unspecified atom stereocenters. The van der Waals surface area contributed by atoms with Crippen molar-refractivity contribution >= 4 is 40.9 Å². The van der Waals surface area contributed by atoms with E-state index in [1.165, 1.54) is 24.9 Å². The number of halogens is 2. The summed E-state index contributed by atoms with van der Waals surface area (Å²) in [6, 6.07) is 11.0. The number of thioether (sulfide) groups is 1. The highest BCUT2D eigenvalue weighted by atomic mass is 35.5. The number of ether oxygens (including phenoxy) is 1. The number of amides is 1. The van der Waals surface area contributed by atoms with Crippen molar-refractivity contribution in [3.8, 4) is 0 Å². The highest BCUT2D eigenvalue weighted by Gasteiger charge is 2.26. The van der Waals surface area contributed by atoms with Gasteiger partial charge in [0.05, 0.1) is 17.8 Å². The van der Waals surface area contributed by atoms with Crippen molar-refractivity contribution in [2.45, 2.75) is 24.0 Å². The lowest BCUT2D eigenvalue weighted by Crippen LogP contribution is -2.24. The molecule has 0 spiro atoms. The fourth-order valence-electron chi connectivity index (χ4n) is 2.21. The van der Waals surface area contributed by atoms with Crippen LogP contribution in [-0.2, 0) is 9.53 Å². The number of esters is 1. The maximum Gasteiger partial charge on any atom is 0.319 e. The Morgan fingerprint density at radius 3 is 2.42 bits per heavy atom. The predicted molar refractivity (Wildman–Crippen MR) is 102 cm³/mol. The van der Waals surface area contributed by atoms with Gasteiger partial charge >= 0.3 is 5.97 Å². The summed E-state index contributed by atoms with van der Waals surface area (Å²) in [5, 5.41) is 2.20. The largest absolute Gasteiger partial charge is 0.468 e. The van der Waals surface area contributed by atoms with Crippen LogP contribution in [0.3, 0.4) is 0 Å². The summed E-state index contributed by atoms with van der Waals surface area (Å²) < 4.78 is 19.0. The van der Waals surface area contributed by atoms with Crippen LogP contribution in [-0.4, -0.2) is 24.2 Å². The molecule has 0 saturated carbocycles. The number of carbonyl (C=O) groups is 2. The first-order valence-corrected chi connectivity index (χ1v) is 9.19. The second-order valence-corrected chi connectivity index (χ2v) is 7.48. The normalized spacial score (nSPS) is 11.9. The van der Waals surface area contributed by atoms with Crippen molar-refractivity contribution < 1.29 is 18.7 Å². The molecule has 0 aliphatic heterocycles. The summed E-state index contributed by atoms with van der Waals surface area (Å²) in [6.07, 6.45) is 0. The molecule has 0 aliphatic carbocycles. The SMILES string of the molecule is COC(=O)C(Sc1cc(NC(=O)c2ccccc2)c(F)cc1Cl)C(C)C. The summed E-state index contributed by atoms with van der Waals surface area (Å²) >= 11 is 7.30. The third-order valence-electron chi connectivity index (χ3n) is 3.60. The van der Waals surface area contributed by atoms with Crippen LogP contribution in [0.25, 0.3) is 0 Å². The molecule has 7 heteroatoms. The van der Waals surface area contributed by atoms with E-state index in [0.29, 0.717) is 10.5 Å². The Morgan fingerprint density at radius 1 is 1.19 bits per heavy atom. The van der Waals surface area contributed by atoms with Crippen LogP contribution >= 0.6 is 23.4 Å². The fourth-order valence-corrected chi connectivity index (χ4v) is 3.59. The van der Waals surface area contributed by atoms with Crippen LogP contribution < -0.4 is 5.32 Å². The third-order valence-corrected chi connectivity index (χ3v) is 5.61. The number of nitrogens with one attached hydrogen (secondary N) is 1. The lowest BCUT2D eigenvalue weighted by Gasteiger charge is -2.19. The summed E-state index contributed by atoms with van der Waals surface area (Å²) in [5.74, 6) is -1.49. The maximum atomic E-state index is 14.2. The van der Waals surface area contributed by atoms with Crippen LogP contribution in [0.4, 0.5) is 10.1 Å². The van der Waals surface area contributed by atoms with Crippen LogP contribution in [0.1, 0.15) is 24.2 Å². The molecule has 0 bridgehead atoms. The standard InChI is InChI=1S/C19H19ClFNO3S/c1-11(2)17(19(24)25-3)26-16-10-15(14(21)9-13(16)20)22-18(23)12-7-5-4-6-8-12/h4-11,17H,1-3H3,(H,22,23). The Kier molecular flexibility index (Phi) is 7.06. The molecule has 4 nitrogen and oxygen atoms in total. The number of carbonyl (C=O) groups excluding carboxylic acids is 2. The van der Waals surface area contributed by atoms with Crippen molar-refractivity contribution in [3.63, 3.8) is 0 Å². The van der Waals surface area contributed by atoms with E-state index in [0.717, 1.165) is 6.07 Å². The van der Waals surface area contributed by atoms with Crippen molar-refractivity contribution in [1.29, 1.82) is 0 Å². The fraction of sp³-hybridized carbons (Fsp3) is 0.263. The molecule has 2 aromatic carbocycles. The summed E-state index contributed by atoms with van der Waals surface area (Å²) in [5.41, 5.74) is 0.406. The first-order valence-electron chi connectivity index (χ1n) is 7.93. The van der Waals surface area contributed by atoms with Crippen LogP contribution in [0, 0.1) is 11.7 Å². The van der Waals surface area contributed by atoms with E-state index >= 15 is 0 Å². The van der Waals surface area contributed by atoms with E-state index in [1.807, 2.05) is 13.8 Å². The van der Waals surface area contributed by atoms with Gasteiger partial charge in [0.25, 0.3) is 5.91 Å². The molecule has 0 aliphatic rings. The molecular weight excluding hydrogens is 377 g/mol. The first-order chi connectivity index (χ1) is 12.3. The van der Waals surface area contributed by atoms with Crippen LogP contribution in [0.5, 0.6) is 0 Å². The zero-order valence-electron chi connectivity index (χ0n) is 14.6. The molecular formula is C19H19ClFNO3S. The molecule has 1 N–H and O–H groups in total. The van der Waals surface area contributed by atoms with Gasteiger partial charge in [0.15, 0.2) is 0 Å². The Morgan fingerprint density at radius 2 is 1.85 bits per heavy atom. The highest BCUT2D eigenvalue weighted by Crippen LogP contribution is 2.37. The molecule has 0 aromatic heterocycles. The average Bonchev–Trinajstić information content (AvgIpc) is 2.62. The van der Waals surface area contributed by atoms with Gasteiger partial charge in [-0.2, -0.15) is 0 Å². The topological polar surface area (TPSA) is 55.4 Å². The molecule has 0 saturated heterocycles. The lowest BCUT2D eigenvalue weighted by atomic mass is 10.1. The van der Waals surface area contributed by atoms with E-state index < -0.39 is 17.0 Å². The first kappa shape index (κ1) is 20.3. The van der Waals surface area contributed by atoms with Gasteiger partial charge < -0.3 is 10.1 Å². The van der Waals surface area contributed by atoms with E-state index in [-0.39, 0.29) is 22.6 Å². The van der Waals surface area contributed by atoms with Gasteiger partial charge in [-0.15, -0.1) is 11.8 Å². The highest BCUT2D eigenvalue weighted by molar-refractivity contribution is 8.00. The number of hydrogen-bond acceptors (Lipinski definition) is 4. The van der Waals surface area contributed by atoms with Gasteiger partial charge in [-0.25, -0.2) is 4.39 Å². The molecule has 0 heterocycles. The Hall–Kier alpha value is -2.05. The predicted octanol–water partition coefficient (Wildman–Crippen LogP) is 5.02. The molecule has 0 fully saturated rings. The summed E-state index contributed by atoms with van der Waals surface area (Å²) in [7, 11) is 1.32. The van der Waals surface area contributed by atoms with Gasteiger partial charge in [-0.05, 0) is 30.2 Å². The van der Waals surface area contributed by atoms with Crippen LogP contribution in [0.2, 0.25) is 5.02 Å². The second kappa shape index (κ2) is 9.05. The number of methoxy groups -OCH3 is 1. The maximum absolute atomic E-state index is 14.2. The quantitative estimate of drug-likeness (QED) is 0.551. The van der Waals surface area contributed by atoms with Crippen LogP contribution in [0.15, 0.2) is 47.4 Å². The number of anilines is 1. The smallest absolute Gasteiger partial charge is 0.319 e. The Bertz CT molecular complexity index is 799. The van der Waals surface area contributed by atoms with Crippen molar-refractivity contribution in [2.75, 3.05) is 12.4 Å². The number of rotatable bonds is 6.